The van der Waals surface area contributed by atoms with E-state index in [4.69, 9.17) is 13.7 Å². The van der Waals surface area contributed by atoms with E-state index < -0.39 is 38.5 Å². The standard InChI is InChI=1S/C27H18O9S/c28-25(29)17-8-7-13-21(14-17)37(32,33)36-23-16-18(26(30)31)15-22-24(23)35-27(34-22,19-9-3-1-4-10-19)20-11-5-2-6-12-20/h1-16H,(H,28,29)(H,30,31). The molecule has 1 heterocycles. The number of carboxylic acids is 2. The van der Waals surface area contributed by atoms with Gasteiger partial charge in [-0.2, -0.15) is 8.42 Å². The van der Waals surface area contributed by atoms with Crippen molar-refractivity contribution >= 4 is 22.1 Å². The molecule has 5 rings (SSSR count). The van der Waals surface area contributed by atoms with Crippen LogP contribution in [0.25, 0.3) is 0 Å². The summed E-state index contributed by atoms with van der Waals surface area (Å²) in [5.74, 6) is -4.83. The van der Waals surface area contributed by atoms with Crippen LogP contribution in [0.15, 0.2) is 102 Å². The predicted molar refractivity (Wildman–Crippen MR) is 130 cm³/mol. The molecule has 0 bridgehead atoms. The molecule has 0 radical (unpaired) electrons. The van der Waals surface area contributed by atoms with Crippen LogP contribution >= 0.6 is 0 Å². The number of hydrogen-bond acceptors (Lipinski definition) is 7. The number of rotatable bonds is 7. The molecule has 0 fully saturated rings. The van der Waals surface area contributed by atoms with Crippen LogP contribution in [-0.4, -0.2) is 30.6 Å². The molecule has 1 aliphatic rings. The van der Waals surface area contributed by atoms with Gasteiger partial charge in [-0.3, -0.25) is 0 Å². The van der Waals surface area contributed by atoms with Gasteiger partial charge in [0.15, 0.2) is 11.5 Å². The fourth-order valence-electron chi connectivity index (χ4n) is 3.93. The van der Waals surface area contributed by atoms with Crippen LogP contribution in [0.2, 0.25) is 0 Å². The fourth-order valence-corrected chi connectivity index (χ4v) is 4.90. The third-order valence-corrected chi connectivity index (χ3v) is 6.87. The molecule has 0 aromatic heterocycles. The monoisotopic (exact) mass is 518 g/mol. The number of carboxylic acid groups (broad SMARTS) is 2. The lowest BCUT2D eigenvalue weighted by atomic mass is 9.97. The van der Waals surface area contributed by atoms with Crippen LogP contribution in [0.1, 0.15) is 31.8 Å². The Morgan fingerprint density at radius 2 is 1.30 bits per heavy atom. The van der Waals surface area contributed by atoms with Crippen molar-refractivity contribution in [3.05, 3.63) is 119 Å². The molecule has 0 unspecified atom stereocenters. The topological polar surface area (TPSA) is 136 Å². The maximum absolute atomic E-state index is 13.1. The summed E-state index contributed by atoms with van der Waals surface area (Å²) < 4.78 is 44.0. The Hall–Kier alpha value is -4.83. The van der Waals surface area contributed by atoms with E-state index in [-0.39, 0.29) is 22.6 Å². The molecule has 0 saturated carbocycles. The van der Waals surface area contributed by atoms with Crippen LogP contribution in [0.4, 0.5) is 0 Å². The first-order valence-corrected chi connectivity index (χ1v) is 12.3. The zero-order chi connectivity index (χ0) is 26.2. The van der Waals surface area contributed by atoms with Gasteiger partial charge in [0.25, 0.3) is 0 Å². The van der Waals surface area contributed by atoms with Gasteiger partial charge < -0.3 is 23.9 Å². The van der Waals surface area contributed by atoms with Gasteiger partial charge in [0.05, 0.1) is 11.1 Å². The molecule has 0 atom stereocenters. The molecule has 0 saturated heterocycles. The summed E-state index contributed by atoms with van der Waals surface area (Å²) in [6, 6.07) is 24.5. The summed E-state index contributed by atoms with van der Waals surface area (Å²) in [5.41, 5.74) is 0.569. The maximum atomic E-state index is 13.1. The second-order valence-corrected chi connectivity index (χ2v) is 9.58. The van der Waals surface area contributed by atoms with Crippen molar-refractivity contribution in [1.82, 2.24) is 0 Å². The van der Waals surface area contributed by atoms with Crippen molar-refractivity contribution < 1.29 is 41.9 Å². The zero-order valence-electron chi connectivity index (χ0n) is 18.9. The SMILES string of the molecule is O=C(O)c1cccc(S(=O)(=O)Oc2cc(C(=O)O)cc3c2OC(c2ccccc2)(c2ccccc2)O3)c1. The Morgan fingerprint density at radius 3 is 1.86 bits per heavy atom. The minimum Gasteiger partial charge on any atom is -0.478 e. The molecule has 186 valence electrons. The molecular formula is C27H18O9S. The Morgan fingerprint density at radius 1 is 0.703 bits per heavy atom. The fraction of sp³-hybridized carbons (Fsp3) is 0.0370. The Labute approximate surface area is 211 Å². The number of carbonyl (C=O) groups is 2. The van der Waals surface area contributed by atoms with Crippen molar-refractivity contribution in [1.29, 1.82) is 0 Å². The van der Waals surface area contributed by atoms with Crippen molar-refractivity contribution in [2.24, 2.45) is 0 Å². The van der Waals surface area contributed by atoms with Gasteiger partial charge in [-0.05, 0) is 24.3 Å². The number of hydrogen-bond donors (Lipinski definition) is 2. The molecule has 0 aliphatic carbocycles. The van der Waals surface area contributed by atoms with Crippen LogP contribution in [0.5, 0.6) is 17.2 Å². The summed E-state index contributed by atoms with van der Waals surface area (Å²) in [6.45, 7) is 0. The van der Waals surface area contributed by atoms with Gasteiger partial charge in [0.1, 0.15) is 4.90 Å². The Balaban J connectivity index is 1.64. The normalized spacial score (nSPS) is 13.6. The predicted octanol–water partition coefficient (Wildman–Crippen LogP) is 4.52. The summed E-state index contributed by atoms with van der Waals surface area (Å²) in [6.07, 6.45) is 0. The number of fused-ring (bicyclic) bond motifs is 1. The third-order valence-electron chi connectivity index (χ3n) is 5.64. The third kappa shape index (κ3) is 4.34. The van der Waals surface area contributed by atoms with E-state index in [9.17, 15) is 28.2 Å². The van der Waals surface area contributed by atoms with E-state index in [1.165, 1.54) is 24.3 Å². The Bertz CT molecular complexity index is 1580. The van der Waals surface area contributed by atoms with Gasteiger partial charge in [-0.25, -0.2) is 9.59 Å². The molecule has 37 heavy (non-hydrogen) atoms. The first-order valence-electron chi connectivity index (χ1n) is 10.9. The highest BCUT2D eigenvalue weighted by atomic mass is 32.2. The first kappa shape index (κ1) is 23.9. The van der Waals surface area contributed by atoms with Crippen LogP contribution in [0, 0.1) is 0 Å². The van der Waals surface area contributed by atoms with Crippen molar-refractivity contribution in [2.75, 3.05) is 0 Å². The average molecular weight is 518 g/mol. The molecule has 1 aliphatic heterocycles. The van der Waals surface area contributed by atoms with Gasteiger partial charge in [-0.15, -0.1) is 0 Å². The minimum atomic E-state index is -4.59. The highest BCUT2D eigenvalue weighted by Gasteiger charge is 2.47. The number of ether oxygens (including phenoxy) is 2. The molecule has 4 aromatic rings. The van der Waals surface area contributed by atoms with E-state index in [0.29, 0.717) is 11.1 Å². The number of aromatic carboxylic acids is 2. The molecular weight excluding hydrogens is 500 g/mol. The van der Waals surface area contributed by atoms with Crippen LogP contribution in [-0.2, 0) is 15.9 Å². The molecule has 0 spiro atoms. The smallest absolute Gasteiger partial charge is 0.339 e. The lowest BCUT2D eigenvalue weighted by Crippen LogP contribution is -2.36. The van der Waals surface area contributed by atoms with E-state index in [1.807, 2.05) is 0 Å². The number of benzene rings is 4. The summed E-state index contributed by atoms with van der Waals surface area (Å²) in [5, 5.41) is 18.9. The van der Waals surface area contributed by atoms with Gasteiger partial charge in [0, 0.05) is 17.2 Å². The van der Waals surface area contributed by atoms with E-state index >= 15 is 0 Å². The largest absolute Gasteiger partial charge is 0.478 e. The second-order valence-electron chi connectivity index (χ2n) is 8.03. The minimum absolute atomic E-state index is 0.0444. The van der Waals surface area contributed by atoms with Gasteiger partial charge in [-0.1, -0.05) is 66.7 Å². The van der Waals surface area contributed by atoms with Crippen LogP contribution < -0.4 is 13.7 Å². The van der Waals surface area contributed by atoms with Crippen molar-refractivity contribution in [2.45, 2.75) is 10.7 Å². The molecule has 10 heteroatoms. The molecule has 4 aromatic carbocycles. The highest BCUT2D eigenvalue weighted by molar-refractivity contribution is 7.87. The average Bonchev–Trinajstić information content (AvgIpc) is 3.31. The van der Waals surface area contributed by atoms with E-state index in [2.05, 4.69) is 0 Å². The first-order chi connectivity index (χ1) is 17.7. The molecule has 9 nitrogen and oxygen atoms in total. The lowest BCUT2D eigenvalue weighted by molar-refractivity contribution is -0.0464. The van der Waals surface area contributed by atoms with Crippen molar-refractivity contribution in [3.63, 3.8) is 0 Å². The van der Waals surface area contributed by atoms with Crippen LogP contribution in [0.3, 0.4) is 0 Å². The summed E-state index contributed by atoms with van der Waals surface area (Å²) >= 11 is 0. The van der Waals surface area contributed by atoms with E-state index in [1.54, 1.807) is 60.7 Å². The maximum Gasteiger partial charge on any atom is 0.339 e. The summed E-state index contributed by atoms with van der Waals surface area (Å²) in [4.78, 5) is 22.7. The second kappa shape index (κ2) is 8.99. The van der Waals surface area contributed by atoms with Gasteiger partial charge >= 0.3 is 27.8 Å². The van der Waals surface area contributed by atoms with Gasteiger partial charge in [0.2, 0.25) is 5.75 Å². The quantitative estimate of drug-likeness (QED) is 0.338. The lowest BCUT2D eigenvalue weighted by Gasteiger charge is -2.28. The van der Waals surface area contributed by atoms with E-state index in [0.717, 1.165) is 12.1 Å². The summed E-state index contributed by atoms with van der Waals surface area (Å²) in [7, 11) is -4.59. The highest BCUT2D eigenvalue weighted by Crippen LogP contribution is 2.53. The zero-order valence-corrected chi connectivity index (χ0v) is 19.7. The molecule has 0 amide bonds. The Kier molecular flexibility index (Phi) is 5.81. The molecule has 2 N–H and O–H groups in total. The van der Waals surface area contributed by atoms with Crippen molar-refractivity contribution in [3.8, 4) is 17.2 Å².